The van der Waals surface area contributed by atoms with E-state index < -0.39 is 9.76 Å². The van der Waals surface area contributed by atoms with Crippen LogP contribution in [0.3, 0.4) is 0 Å². The molecule has 102 valence electrons. The highest BCUT2D eigenvalue weighted by Crippen LogP contribution is 2.25. The van der Waals surface area contributed by atoms with Gasteiger partial charge in [0.1, 0.15) is 0 Å². The van der Waals surface area contributed by atoms with Crippen LogP contribution in [0.5, 0.6) is 0 Å². The van der Waals surface area contributed by atoms with Crippen LogP contribution in [-0.4, -0.2) is 14.7 Å². The zero-order valence-electron chi connectivity index (χ0n) is 12.1. The lowest BCUT2D eigenvalue weighted by Gasteiger charge is -2.25. The van der Waals surface area contributed by atoms with Crippen LogP contribution in [0.1, 0.15) is 39.3 Å². The van der Waals surface area contributed by atoms with E-state index in [-0.39, 0.29) is 5.60 Å². The molecule has 3 heteroatoms. The van der Waals surface area contributed by atoms with Gasteiger partial charge in [0.25, 0.3) is 0 Å². The quantitative estimate of drug-likeness (QED) is 0.590. The SMILES string of the molecule is CCCC[SiH2]OC(C)(C)c1ccc2ccccc2n1. The lowest BCUT2D eigenvalue weighted by Crippen LogP contribution is -2.25. The van der Waals surface area contributed by atoms with Crippen LogP contribution in [0.25, 0.3) is 10.9 Å². The third kappa shape index (κ3) is 3.64. The standard InChI is InChI=1S/C16H23NOSi/c1-4-5-12-19-18-16(2,3)15-11-10-13-8-6-7-9-14(13)17-15/h6-11H,4-5,12,19H2,1-3H3. The molecule has 1 heterocycles. The van der Waals surface area contributed by atoms with Gasteiger partial charge in [-0.1, -0.05) is 44.0 Å². The van der Waals surface area contributed by atoms with Gasteiger partial charge in [-0.2, -0.15) is 0 Å². The molecule has 1 aromatic carbocycles. The summed E-state index contributed by atoms with van der Waals surface area (Å²) >= 11 is 0. The monoisotopic (exact) mass is 273 g/mol. The van der Waals surface area contributed by atoms with Crippen molar-refractivity contribution >= 4 is 20.7 Å². The number of unbranched alkanes of at least 4 members (excludes halogenated alkanes) is 1. The molecule has 1 aromatic heterocycles. The molecule has 0 unspecified atom stereocenters. The van der Waals surface area contributed by atoms with Gasteiger partial charge in [-0.25, -0.2) is 4.98 Å². The second kappa shape index (κ2) is 6.31. The minimum absolute atomic E-state index is 0.260. The van der Waals surface area contributed by atoms with Crippen LogP contribution >= 0.6 is 0 Å². The van der Waals surface area contributed by atoms with Crippen LogP contribution in [0.2, 0.25) is 6.04 Å². The zero-order valence-corrected chi connectivity index (χ0v) is 13.6. The first-order chi connectivity index (χ1) is 9.13. The minimum Gasteiger partial charge on any atom is -0.413 e. The number of aromatic nitrogens is 1. The Labute approximate surface area is 118 Å². The molecule has 0 amide bonds. The Kier molecular flexibility index (Phi) is 4.72. The number of rotatable bonds is 6. The molecule has 19 heavy (non-hydrogen) atoms. The highest BCUT2D eigenvalue weighted by atomic mass is 28.2. The molecule has 0 aliphatic rings. The zero-order chi connectivity index (χ0) is 13.7. The third-order valence-electron chi connectivity index (χ3n) is 3.43. The number of hydrogen-bond donors (Lipinski definition) is 0. The average Bonchev–Trinajstić information content (AvgIpc) is 2.43. The molecule has 2 rings (SSSR count). The molecule has 0 atom stereocenters. The van der Waals surface area contributed by atoms with Gasteiger partial charge in [-0.15, -0.1) is 0 Å². The van der Waals surface area contributed by atoms with Crippen LogP contribution < -0.4 is 0 Å². The van der Waals surface area contributed by atoms with E-state index in [0.717, 1.165) is 11.2 Å². The Bertz CT molecular complexity index is 539. The number of fused-ring (bicyclic) bond motifs is 1. The van der Waals surface area contributed by atoms with Crippen LogP contribution in [-0.2, 0) is 10.0 Å². The molecule has 0 fully saturated rings. The van der Waals surface area contributed by atoms with E-state index in [1.807, 2.05) is 12.1 Å². The summed E-state index contributed by atoms with van der Waals surface area (Å²) in [5.74, 6) is 0. The summed E-state index contributed by atoms with van der Waals surface area (Å²) < 4.78 is 6.14. The predicted molar refractivity (Wildman–Crippen MR) is 84.1 cm³/mol. The number of benzene rings is 1. The van der Waals surface area contributed by atoms with E-state index in [9.17, 15) is 0 Å². The van der Waals surface area contributed by atoms with Gasteiger partial charge in [0, 0.05) is 5.39 Å². The second-order valence-electron chi connectivity index (χ2n) is 5.46. The van der Waals surface area contributed by atoms with Crippen LogP contribution in [0, 0.1) is 0 Å². The fraction of sp³-hybridized carbons (Fsp3) is 0.438. The van der Waals surface area contributed by atoms with Crippen LogP contribution in [0.15, 0.2) is 36.4 Å². The lowest BCUT2D eigenvalue weighted by atomic mass is 10.0. The fourth-order valence-corrected chi connectivity index (χ4v) is 3.66. The number of para-hydroxylation sites is 1. The molecular weight excluding hydrogens is 250 g/mol. The minimum atomic E-state index is -0.439. The highest BCUT2D eigenvalue weighted by Gasteiger charge is 2.22. The molecule has 0 aliphatic heterocycles. The molecule has 0 saturated carbocycles. The van der Waals surface area contributed by atoms with E-state index in [1.54, 1.807) is 0 Å². The molecule has 0 spiro atoms. The van der Waals surface area contributed by atoms with E-state index >= 15 is 0 Å². The van der Waals surface area contributed by atoms with Crippen molar-refractivity contribution in [3.05, 3.63) is 42.1 Å². The van der Waals surface area contributed by atoms with Crippen molar-refractivity contribution < 1.29 is 4.43 Å². The van der Waals surface area contributed by atoms with Crippen molar-refractivity contribution in [3.63, 3.8) is 0 Å². The summed E-state index contributed by atoms with van der Waals surface area (Å²) in [5, 5.41) is 1.19. The van der Waals surface area contributed by atoms with E-state index in [2.05, 4.69) is 45.0 Å². The Morgan fingerprint density at radius 3 is 2.74 bits per heavy atom. The summed E-state index contributed by atoms with van der Waals surface area (Å²) in [6, 6.07) is 13.7. The van der Waals surface area contributed by atoms with Crippen molar-refractivity contribution in [2.75, 3.05) is 0 Å². The first kappa shape index (κ1) is 14.2. The van der Waals surface area contributed by atoms with Gasteiger partial charge in [-0.05, 0) is 32.0 Å². The maximum atomic E-state index is 6.14. The molecule has 2 nitrogen and oxygen atoms in total. The maximum absolute atomic E-state index is 6.14. The summed E-state index contributed by atoms with van der Waals surface area (Å²) in [5.41, 5.74) is 1.83. The third-order valence-corrected chi connectivity index (χ3v) is 5.14. The summed E-state index contributed by atoms with van der Waals surface area (Å²) in [6.45, 7) is 6.48. The first-order valence-corrected chi connectivity index (χ1v) is 8.71. The molecule has 0 N–H and O–H groups in total. The van der Waals surface area contributed by atoms with Gasteiger partial charge in [0.05, 0.1) is 16.8 Å². The van der Waals surface area contributed by atoms with Crippen molar-refractivity contribution in [1.29, 1.82) is 0 Å². The Morgan fingerprint density at radius 1 is 1.16 bits per heavy atom. The van der Waals surface area contributed by atoms with E-state index in [0.29, 0.717) is 0 Å². The van der Waals surface area contributed by atoms with Crippen molar-refractivity contribution in [2.24, 2.45) is 0 Å². The van der Waals surface area contributed by atoms with Crippen LogP contribution in [0.4, 0.5) is 0 Å². The highest BCUT2D eigenvalue weighted by molar-refractivity contribution is 6.27. The number of pyridine rings is 1. The molecule has 0 bridgehead atoms. The van der Waals surface area contributed by atoms with Gasteiger partial charge in [0.15, 0.2) is 9.76 Å². The molecular formula is C16H23NOSi. The second-order valence-corrected chi connectivity index (χ2v) is 6.86. The Balaban J connectivity index is 2.12. The van der Waals surface area contributed by atoms with Gasteiger partial charge < -0.3 is 4.43 Å². The number of nitrogens with zero attached hydrogens (tertiary/aromatic N) is 1. The van der Waals surface area contributed by atoms with Crippen molar-refractivity contribution in [1.82, 2.24) is 4.98 Å². The number of hydrogen-bond acceptors (Lipinski definition) is 2. The maximum Gasteiger partial charge on any atom is 0.162 e. The molecule has 0 aliphatic carbocycles. The van der Waals surface area contributed by atoms with Gasteiger partial charge in [0.2, 0.25) is 0 Å². The van der Waals surface area contributed by atoms with Gasteiger partial charge >= 0.3 is 0 Å². The average molecular weight is 273 g/mol. The van der Waals surface area contributed by atoms with Crippen molar-refractivity contribution in [2.45, 2.75) is 45.3 Å². The Morgan fingerprint density at radius 2 is 1.95 bits per heavy atom. The molecule has 0 saturated heterocycles. The smallest absolute Gasteiger partial charge is 0.162 e. The largest absolute Gasteiger partial charge is 0.413 e. The lowest BCUT2D eigenvalue weighted by molar-refractivity contribution is 0.110. The fourth-order valence-electron chi connectivity index (χ4n) is 2.15. The normalized spacial score (nSPS) is 12.6. The summed E-state index contributed by atoms with van der Waals surface area (Å²) in [7, 11) is -0.439. The molecule has 0 radical (unpaired) electrons. The molecule has 2 aromatic rings. The predicted octanol–water partition coefficient (Wildman–Crippen LogP) is 3.79. The van der Waals surface area contributed by atoms with Gasteiger partial charge in [-0.3, -0.25) is 0 Å². The Hall–Kier alpha value is -1.19. The van der Waals surface area contributed by atoms with E-state index in [1.165, 1.54) is 24.3 Å². The summed E-state index contributed by atoms with van der Waals surface area (Å²) in [4.78, 5) is 4.74. The van der Waals surface area contributed by atoms with E-state index in [4.69, 9.17) is 9.41 Å². The first-order valence-electron chi connectivity index (χ1n) is 7.14. The van der Waals surface area contributed by atoms with Crippen molar-refractivity contribution in [3.8, 4) is 0 Å². The topological polar surface area (TPSA) is 22.1 Å². The summed E-state index contributed by atoms with van der Waals surface area (Å²) in [6.07, 6.45) is 2.54.